The van der Waals surface area contributed by atoms with Gasteiger partial charge in [0.25, 0.3) is 0 Å². The number of nitrogens with zero attached hydrogens (tertiary/aromatic N) is 2. The molecule has 1 aliphatic heterocycles. The van der Waals surface area contributed by atoms with Crippen molar-refractivity contribution in [3.8, 4) is 0 Å². The molecule has 0 radical (unpaired) electrons. The summed E-state index contributed by atoms with van der Waals surface area (Å²) in [6.07, 6.45) is 41.1. The molecule has 0 aliphatic carbocycles. The third kappa shape index (κ3) is 22.0. The van der Waals surface area contributed by atoms with Crippen LogP contribution in [0.2, 0.25) is 0 Å². The Morgan fingerprint density at radius 3 is 1.11 bits per heavy atom. The van der Waals surface area contributed by atoms with Crippen molar-refractivity contribution in [1.29, 1.82) is 0 Å². The molecule has 2 aromatic rings. The summed E-state index contributed by atoms with van der Waals surface area (Å²) in [5.74, 6) is 0. The van der Waals surface area contributed by atoms with Crippen molar-refractivity contribution in [3.05, 3.63) is 86.0 Å². The van der Waals surface area contributed by atoms with Crippen LogP contribution in [0.5, 0.6) is 0 Å². The molecule has 0 spiro atoms. The molecule has 0 unspecified atom stereocenters. The third-order valence-corrected chi connectivity index (χ3v) is 14.1. The van der Waals surface area contributed by atoms with Gasteiger partial charge < -0.3 is 5.53 Å². The Hall–Kier alpha value is -1.90. The minimum absolute atomic E-state index is 0.0681. The number of rotatable bonds is 37. The summed E-state index contributed by atoms with van der Waals surface area (Å²) in [5, 5.41) is 0. The fraction of sp³-hybridized carbons (Fsp3) is 0.724. The molecule has 1 heterocycles. The van der Waals surface area contributed by atoms with E-state index in [1.165, 1.54) is 184 Å². The van der Waals surface area contributed by atoms with Crippen molar-refractivity contribution in [2.24, 2.45) is 0 Å². The van der Waals surface area contributed by atoms with Crippen LogP contribution in [0.25, 0.3) is 16.9 Å². The number of hydrogen-bond donors (Lipinski definition) is 0. The average Bonchev–Trinajstić information content (AvgIpc) is 3.63. The molecule has 0 aromatic heterocycles. The summed E-state index contributed by atoms with van der Waals surface area (Å²) < 4.78 is 11.4. The molecule has 4 nitrogen and oxygen atoms in total. The first-order valence-corrected chi connectivity index (χ1v) is 28.2. The van der Waals surface area contributed by atoms with Gasteiger partial charge in [0.1, 0.15) is 0 Å². The van der Waals surface area contributed by atoms with Gasteiger partial charge in [-0.15, -0.1) is 0 Å². The predicted molar refractivity (Wildman–Crippen MR) is 272 cm³/mol. The molecule has 3 rings (SSSR count). The Morgan fingerprint density at radius 2 is 0.730 bits per heavy atom. The van der Waals surface area contributed by atoms with E-state index in [1.54, 1.807) is 38.1 Å². The molecule has 0 saturated carbocycles. The molecule has 0 bridgehead atoms. The SMILES string of the molecule is CCCCCCCCc1c(CCCC)cc(C2=CC(CCCCCC)=C(c3cc(CCCC)c(CCCCCCCC)c(CCCC)c3)[N+]2=[N-])cc1CCCC.CC[O][Pd][O]CC. The molecule has 0 fully saturated rings. The van der Waals surface area contributed by atoms with Gasteiger partial charge in [-0.25, -0.2) is 4.70 Å². The predicted octanol–water partition coefficient (Wildman–Crippen LogP) is 18.6. The van der Waals surface area contributed by atoms with Gasteiger partial charge in [0.05, 0.1) is 0 Å². The van der Waals surface area contributed by atoms with E-state index < -0.39 is 0 Å². The maximum atomic E-state index is 12.5. The zero-order chi connectivity index (χ0) is 45.9. The standard InChI is InChI=1S/C54H88N2.2C2H5O.Pd/c1-8-15-22-25-27-30-37-51-44(32-18-11-4)39-49(40-45(51)33-19-12-5)53-43-48(36-29-24-17-10-3)54(56(53)55)50-41-46(34-20-13-6)52(47(42-50)35-21-14-7)38-31-28-26-23-16-9-2;2*1-2-3;/h39-43H,8-38H2,1-7H3;2*2H2,1H3;/q;2*-1;+2. The summed E-state index contributed by atoms with van der Waals surface area (Å²) in [5.41, 5.74) is 27.8. The van der Waals surface area contributed by atoms with Gasteiger partial charge in [0, 0.05) is 22.8 Å². The van der Waals surface area contributed by atoms with Crippen molar-refractivity contribution < 1.29 is 30.3 Å². The fourth-order valence-corrected chi connectivity index (χ4v) is 9.64. The van der Waals surface area contributed by atoms with Crippen molar-refractivity contribution in [3.63, 3.8) is 0 Å². The van der Waals surface area contributed by atoms with Crippen molar-refractivity contribution in [2.45, 2.75) is 261 Å². The van der Waals surface area contributed by atoms with Crippen molar-refractivity contribution >= 4 is 11.4 Å². The van der Waals surface area contributed by atoms with Gasteiger partial charge in [-0.2, -0.15) is 0 Å². The van der Waals surface area contributed by atoms with E-state index >= 15 is 0 Å². The van der Waals surface area contributed by atoms with E-state index in [4.69, 9.17) is 6.92 Å². The summed E-state index contributed by atoms with van der Waals surface area (Å²) in [6, 6.07) is 10.0. The van der Waals surface area contributed by atoms with Gasteiger partial charge in [-0.05, 0) is 148 Å². The van der Waals surface area contributed by atoms with Crippen LogP contribution in [0, 0.1) is 0 Å². The van der Waals surface area contributed by atoms with Crippen LogP contribution in [0.4, 0.5) is 0 Å². The minimum atomic E-state index is 0.0681. The Kier molecular flexibility index (Phi) is 33.8. The second-order valence-electron chi connectivity index (χ2n) is 18.3. The Bertz CT molecular complexity index is 1510. The zero-order valence-electron chi connectivity index (χ0n) is 42.7. The molecule has 0 amide bonds. The molecule has 63 heavy (non-hydrogen) atoms. The first-order valence-electron chi connectivity index (χ1n) is 27.0. The van der Waals surface area contributed by atoms with Gasteiger partial charge >= 0.3 is 52.7 Å². The van der Waals surface area contributed by atoms with Gasteiger partial charge in [-0.1, -0.05) is 158 Å². The zero-order valence-corrected chi connectivity index (χ0v) is 44.3. The van der Waals surface area contributed by atoms with E-state index in [0.29, 0.717) is 0 Å². The molecule has 0 N–H and O–H groups in total. The molecule has 0 saturated heterocycles. The average molecular weight is 962 g/mol. The number of aryl methyl sites for hydroxylation is 4. The van der Waals surface area contributed by atoms with E-state index in [1.807, 2.05) is 13.8 Å². The molecular formula is C58H98N2O2Pd. The topological polar surface area (TPSA) is 43.8 Å². The molecule has 1 aliphatic rings. The maximum absolute atomic E-state index is 12.5. The van der Waals surface area contributed by atoms with Crippen LogP contribution in [-0.2, 0) is 64.2 Å². The number of hydrogen-bond acceptors (Lipinski definition) is 2. The quantitative estimate of drug-likeness (QED) is 0.0385. The van der Waals surface area contributed by atoms with Crippen molar-refractivity contribution in [1.82, 2.24) is 0 Å². The van der Waals surface area contributed by atoms with Gasteiger partial charge in [0.15, 0.2) is 0 Å². The van der Waals surface area contributed by atoms with E-state index in [2.05, 4.69) is 78.8 Å². The third-order valence-electron chi connectivity index (χ3n) is 12.8. The van der Waals surface area contributed by atoms with Crippen LogP contribution in [0.3, 0.4) is 0 Å². The Labute approximate surface area is 400 Å². The van der Waals surface area contributed by atoms with Crippen LogP contribution in [0.15, 0.2) is 35.9 Å². The monoisotopic (exact) mass is 961 g/mol. The summed E-state index contributed by atoms with van der Waals surface area (Å²) in [4.78, 5) is 0. The summed E-state index contributed by atoms with van der Waals surface area (Å²) in [7, 11) is 0. The normalized spacial score (nSPS) is 12.7. The number of unbranched alkanes of at least 4 members (excludes halogenated alkanes) is 17. The van der Waals surface area contributed by atoms with Crippen LogP contribution in [-0.4, -0.2) is 17.9 Å². The first kappa shape index (κ1) is 57.2. The van der Waals surface area contributed by atoms with Crippen LogP contribution in [0.1, 0.15) is 267 Å². The Morgan fingerprint density at radius 1 is 0.397 bits per heavy atom. The molecule has 5 heteroatoms. The molecular weight excluding hydrogens is 863 g/mol. The van der Waals surface area contributed by atoms with Gasteiger partial charge in [0.2, 0.25) is 11.4 Å². The van der Waals surface area contributed by atoms with Crippen molar-refractivity contribution in [2.75, 3.05) is 13.2 Å². The second kappa shape index (κ2) is 37.2. The molecule has 2 aromatic carbocycles. The van der Waals surface area contributed by atoms with E-state index in [9.17, 15) is 5.53 Å². The van der Waals surface area contributed by atoms with Crippen LogP contribution >= 0.6 is 0 Å². The van der Waals surface area contributed by atoms with Gasteiger partial charge in [-0.3, -0.25) is 0 Å². The summed E-state index contributed by atoms with van der Waals surface area (Å²) in [6.45, 7) is 21.7. The Balaban J connectivity index is 0.00000179. The second-order valence-corrected chi connectivity index (χ2v) is 19.5. The van der Waals surface area contributed by atoms with E-state index in [0.717, 1.165) is 56.7 Å². The number of allylic oxidation sites excluding steroid dienone is 2. The van der Waals surface area contributed by atoms with Crippen LogP contribution < -0.4 is 0 Å². The van der Waals surface area contributed by atoms with E-state index in [-0.39, 0.29) is 18.7 Å². The molecule has 362 valence electrons. The number of benzene rings is 2. The fourth-order valence-electron chi connectivity index (χ4n) is 9.15. The first-order chi connectivity index (χ1) is 30.9. The molecule has 0 atom stereocenters. The summed E-state index contributed by atoms with van der Waals surface area (Å²) >= 11 is 0.0681.